The molecule has 100 valence electrons. The van der Waals surface area contributed by atoms with Gasteiger partial charge >= 0.3 is 0 Å². The molecule has 2 heterocycles. The molecule has 3 rings (SSSR count). The molecule has 1 atom stereocenters. The van der Waals surface area contributed by atoms with E-state index in [-0.39, 0.29) is 6.61 Å². The van der Waals surface area contributed by atoms with Gasteiger partial charge in [-0.15, -0.1) is 0 Å². The van der Waals surface area contributed by atoms with Gasteiger partial charge in [-0.1, -0.05) is 5.16 Å². The Morgan fingerprint density at radius 3 is 3.00 bits per heavy atom. The van der Waals surface area contributed by atoms with Crippen LogP contribution in [0.1, 0.15) is 56.2 Å². The fourth-order valence-electron chi connectivity index (χ4n) is 2.77. The summed E-state index contributed by atoms with van der Waals surface area (Å²) < 4.78 is 5.33. The summed E-state index contributed by atoms with van der Waals surface area (Å²) in [6.45, 7) is 2.17. The molecule has 1 unspecified atom stereocenters. The van der Waals surface area contributed by atoms with Crippen LogP contribution in [0.3, 0.4) is 0 Å². The average molecular weight is 251 g/mol. The number of hydrogen-bond acceptors (Lipinski definition) is 5. The first-order valence-electron chi connectivity index (χ1n) is 7.04. The van der Waals surface area contributed by atoms with Gasteiger partial charge in [0.05, 0.1) is 6.54 Å². The van der Waals surface area contributed by atoms with Gasteiger partial charge in [0.25, 0.3) is 0 Å². The largest absolute Gasteiger partial charge is 0.396 e. The molecule has 2 aliphatic rings. The van der Waals surface area contributed by atoms with E-state index in [1.54, 1.807) is 0 Å². The Hall–Kier alpha value is -0.940. The molecule has 0 aromatic carbocycles. The highest BCUT2D eigenvalue weighted by Gasteiger charge is 2.30. The minimum absolute atomic E-state index is 0.288. The number of hydrogen-bond donors (Lipinski definition) is 1. The lowest BCUT2D eigenvalue weighted by atomic mass is 10.1. The zero-order chi connectivity index (χ0) is 12.4. The van der Waals surface area contributed by atoms with Gasteiger partial charge in [-0.3, -0.25) is 4.90 Å². The zero-order valence-electron chi connectivity index (χ0n) is 10.7. The van der Waals surface area contributed by atoms with E-state index >= 15 is 0 Å². The van der Waals surface area contributed by atoms with Crippen molar-refractivity contribution >= 4 is 0 Å². The van der Waals surface area contributed by atoms with Crippen molar-refractivity contribution in [2.45, 2.75) is 57.0 Å². The Morgan fingerprint density at radius 2 is 2.22 bits per heavy atom. The van der Waals surface area contributed by atoms with E-state index in [9.17, 15) is 0 Å². The van der Waals surface area contributed by atoms with Gasteiger partial charge in [0.15, 0.2) is 5.82 Å². The van der Waals surface area contributed by atoms with Crippen LogP contribution in [0, 0.1) is 0 Å². The highest BCUT2D eigenvalue weighted by atomic mass is 16.5. The van der Waals surface area contributed by atoms with Crippen LogP contribution in [0.5, 0.6) is 0 Å². The van der Waals surface area contributed by atoms with Gasteiger partial charge < -0.3 is 9.63 Å². The van der Waals surface area contributed by atoms with Crippen LogP contribution in [0.25, 0.3) is 0 Å². The molecule has 18 heavy (non-hydrogen) atoms. The molecule has 0 amide bonds. The molecule has 1 aromatic rings. The van der Waals surface area contributed by atoms with Crippen LogP contribution in [0.2, 0.25) is 0 Å². The van der Waals surface area contributed by atoms with Crippen LogP contribution in [0.15, 0.2) is 4.52 Å². The third-order valence-electron chi connectivity index (χ3n) is 3.96. The van der Waals surface area contributed by atoms with Crippen LogP contribution in [-0.2, 0) is 6.54 Å². The topological polar surface area (TPSA) is 62.4 Å². The van der Waals surface area contributed by atoms with E-state index < -0.39 is 0 Å². The van der Waals surface area contributed by atoms with Crippen molar-refractivity contribution in [3.05, 3.63) is 11.7 Å². The molecule has 0 spiro atoms. The molecule has 1 aromatic heterocycles. The zero-order valence-corrected chi connectivity index (χ0v) is 10.7. The lowest BCUT2D eigenvalue weighted by molar-refractivity contribution is 0.188. The number of aromatic nitrogens is 2. The van der Waals surface area contributed by atoms with E-state index in [1.807, 2.05) is 0 Å². The van der Waals surface area contributed by atoms with Crippen molar-refractivity contribution < 1.29 is 9.63 Å². The smallest absolute Gasteiger partial charge is 0.240 e. The lowest BCUT2D eigenvalue weighted by Gasteiger charge is -2.22. The first kappa shape index (κ1) is 12.1. The fraction of sp³-hybridized carbons (Fsp3) is 0.846. The minimum Gasteiger partial charge on any atom is -0.396 e. The first-order chi connectivity index (χ1) is 8.86. The molecule has 0 radical (unpaired) electrons. The molecule has 1 N–H and O–H groups in total. The van der Waals surface area contributed by atoms with Gasteiger partial charge in [0.2, 0.25) is 5.89 Å². The molecule has 1 saturated heterocycles. The standard InChI is InChI=1S/C13H21N3O2/c17-8-2-4-11-3-1-7-16(11)9-12-14-13(15-18-12)10-5-6-10/h10-11,17H,1-9H2. The molecule has 1 saturated carbocycles. The third kappa shape index (κ3) is 2.72. The molecule has 1 aliphatic heterocycles. The second kappa shape index (κ2) is 5.36. The maximum Gasteiger partial charge on any atom is 0.240 e. The third-order valence-corrected chi connectivity index (χ3v) is 3.96. The number of nitrogens with zero attached hydrogens (tertiary/aromatic N) is 3. The van der Waals surface area contributed by atoms with Crippen LogP contribution < -0.4 is 0 Å². The second-order valence-corrected chi connectivity index (χ2v) is 5.45. The Labute approximate surface area is 107 Å². The molecular formula is C13H21N3O2. The molecule has 5 heteroatoms. The van der Waals surface area contributed by atoms with E-state index in [2.05, 4.69) is 15.0 Å². The number of rotatable bonds is 6. The van der Waals surface area contributed by atoms with E-state index in [0.29, 0.717) is 12.0 Å². The summed E-state index contributed by atoms with van der Waals surface area (Å²) in [6, 6.07) is 0.577. The van der Waals surface area contributed by atoms with Crippen LogP contribution >= 0.6 is 0 Å². The average Bonchev–Trinajstić information content (AvgIpc) is 2.97. The van der Waals surface area contributed by atoms with Crippen molar-refractivity contribution in [1.82, 2.24) is 15.0 Å². The summed E-state index contributed by atoms with van der Waals surface area (Å²) in [7, 11) is 0. The highest BCUT2D eigenvalue weighted by molar-refractivity contribution is 5.03. The molecule has 5 nitrogen and oxygen atoms in total. The SMILES string of the molecule is OCCCC1CCCN1Cc1nc(C2CC2)no1. The second-order valence-electron chi connectivity index (χ2n) is 5.45. The summed E-state index contributed by atoms with van der Waals surface area (Å²) in [5, 5.41) is 13.0. The van der Waals surface area contributed by atoms with Gasteiger partial charge in [0.1, 0.15) is 0 Å². The maximum absolute atomic E-state index is 8.91. The summed E-state index contributed by atoms with van der Waals surface area (Å²) in [5.41, 5.74) is 0. The van der Waals surface area contributed by atoms with Gasteiger partial charge in [-0.25, -0.2) is 0 Å². The Balaban J connectivity index is 1.56. The summed E-state index contributed by atoms with van der Waals surface area (Å²) >= 11 is 0. The van der Waals surface area contributed by atoms with E-state index in [0.717, 1.165) is 37.6 Å². The van der Waals surface area contributed by atoms with Crippen LogP contribution in [-0.4, -0.2) is 39.3 Å². The predicted molar refractivity (Wildman–Crippen MR) is 66.0 cm³/mol. The summed E-state index contributed by atoms with van der Waals surface area (Å²) in [6.07, 6.45) is 6.84. The predicted octanol–water partition coefficient (Wildman–Crippen LogP) is 1.68. The van der Waals surface area contributed by atoms with Gasteiger partial charge in [-0.05, 0) is 45.1 Å². The van der Waals surface area contributed by atoms with Crippen molar-refractivity contribution in [3.8, 4) is 0 Å². The van der Waals surface area contributed by atoms with Crippen molar-refractivity contribution in [3.63, 3.8) is 0 Å². The van der Waals surface area contributed by atoms with E-state index in [1.165, 1.54) is 25.7 Å². The first-order valence-corrected chi connectivity index (χ1v) is 7.04. The van der Waals surface area contributed by atoms with Gasteiger partial charge in [0, 0.05) is 18.6 Å². The summed E-state index contributed by atoms with van der Waals surface area (Å²) in [5.74, 6) is 2.22. The Morgan fingerprint density at radius 1 is 1.33 bits per heavy atom. The van der Waals surface area contributed by atoms with Crippen molar-refractivity contribution in [2.75, 3.05) is 13.2 Å². The highest BCUT2D eigenvalue weighted by Crippen LogP contribution is 2.38. The number of aliphatic hydroxyl groups excluding tert-OH is 1. The molecule has 0 bridgehead atoms. The van der Waals surface area contributed by atoms with Crippen molar-refractivity contribution in [1.29, 1.82) is 0 Å². The number of likely N-dealkylation sites (tertiary alicyclic amines) is 1. The van der Waals surface area contributed by atoms with Crippen molar-refractivity contribution in [2.24, 2.45) is 0 Å². The molecule has 2 fully saturated rings. The Kier molecular flexibility index (Phi) is 3.61. The Bertz CT molecular complexity index is 389. The fourth-order valence-corrected chi connectivity index (χ4v) is 2.77. The quantitative estimate of drug-likeness (QED) is 0.833. The summed E-state index contributed by atoms with van der Waals surface area (Å²) in [4.78, 5) is 6.90. The normalized spacial score (nSPS) is 24.8. The molecule has 1 aliphatic carbocycles. The molecular weight excluding hydrogens is 230 g/mol. The van der Waals surface area contributed by atoms with Gasteiger partial charge in [-0.2, -0.15) is 4.98 Å². The van der Waals surface area contributed by atoms with Crippen LogP contribution in [0.4, 0.5) is 0 Å². The number of aliphatic hydroxyl groups is 1. The maximum atomic E-state index is 8.91. The van der Waals surface area contributed by atoms with E-state index in [4.69, 9.17) is 9.63 Å². The minimum atomic E-state index is 0.288. The monoisotopic (exact) mass is 251 g/mol. The lowest BCUT2D eigenvalue weighted by Crippen LogP contribution is -2.29.